The summed E-state index contributed by atoms with van der Waals surface area (Å²) < 4.78 is 1.14. The molecule has 1 aromatic carbocycles. The molecule has 0 atom stereocenters. The number of benzene rings is 1. The molecule has 1 aliphatic heterocycles. The van der Waals surface area contributed by atoms with Crippen LogP contribution < -0.4 is 5.32 Å². The first-order valence-corrected chi connectivity index (χ1v) is 7.43. The van der Waals surface area contributed by atoms with Crippen molar-refractivity contribution >= 4 is 27.1 Å². The van der Waals surface area contributed by atoms with E-state index in [1.807, 2.05) is 18.2 Å². The number of hydrogen-bond acceptors (Lipinski definition) is 4. The van der Waals surface area contributed by atoms with Gasteiger partial charge >= 0.3 is 0 Å². The Hall–Kier alpha value is -1.86. The van der Waals surface area contributed by atoms with Crippen molar-refractivity contribution in [2.24, 2.45) is 0 Å². The van der Waals surface area contributed by atoms with Crippen LogP contribution in [0.1, 0.15) is 30.7 Å². The number of nitriles is 1. The third-order valence-corrected chi connectivity index (χ3v) is 4.42. The predicted octanol–water partition coefficient (Wildman–Crippen LogP) is 3.69. The molecule has 0 aliphatic carbocycles. The lowest BCUT2D eigenvalue weighted by atomic mass is 10.1. The molecular formula is C15H15N3S. The fourth-order valence-corrected chi connectivity index (χ4v) is 3.36. The van der Waals surface area contributed by atoms with Gasteiger partial charge in [-0.3, -0.25) is 0 Å². The zero-order valence-electron chi connectivity index (χ0n) is 10.6. The summed E-state index contributed by atoms with van der Waals surface area (Å²) in [5.74, 6) is 0. The van der Waals surface area contributed by atoms with Gasteiger partial charge in [0.1, 0.15) is 16.6 Å². The molecule has 3 nitrogen and oxygen atoms in total. The van der Waals surface area contributed by atoms with Gasteiger partial charge in [-0.25, -0.2) is 4.98 Å². The molecule has 0 spiro atoms. The summed E-state index contributed by atoms with van der Waals surface area (Å²) in [5.41, 5.74) is 2.77. The average molecular weight is 269 g/mol. The second-order valence-corrected chi connectivity index (χ2v) is 5.72. The monoisotopic (exact) mass is 269 g/mol. The third-order valence-electron chi connectivity index (χ3n) is 3.36. The van der Waals surface area contributed by atoms with Crippen LogP contribution in [-0.2, 0) is 0 Å². The number of fused-ring (bicyclic) bond motifs is 1. The Morgan fingerprint density at radius 1 is 1.26 bits per heavy atom. The van der Waals surface area contributed by atoms with Crippen LogP contribution in [0.4, 0.5) is 0 Å². The van der Waals surface area contributed by atoms with Crippen molar-refractivity contribution in [3.05, 3.63) is 35.0 Å². The Labute approximate surface area is 116 Å². The molecule has 0 bridgehead atoms. The van der Waals surface area contributed by atoms with E-state index in [0.29, 0.717) is 0 Å². The fraction of sp³-hybridized carbons (Fsp3) is 0.333. The first kappa shape index (κ1) is 12.2. The number of nitrogens with zero attached hydrogens (tertiary/aromatic N) is 2. The van der Waals surface area contributed by atoms with E-state index in [-0.39, 0.29) is 0 Å². The molecule has 1 fully saturated rings. The van der Waals surface area contributed by atoms with Crippen molar-refractivity contribution in [2.45, 2.75) is 25.7 Å². The van der Waals surface area contributed by atoms with Gasteiger partial charge in [0.15, 0.2) is 0 Å². The van der Waals surface area contributed by atoms with Gasteiger partial charge in [0.2, 0.25) is 0 Å². The largest absolute Gasteiger partial charge is 0.387 e. The lowest BCUT2D eigenvalue weighted by molar-refractivity contribution is 0.721. The van der Waals surface area contributed by atoms with Crippen molar-refractivity contribution in [1.82, 2.24) is 10.3 Å². The SMILES string of the molecule is N#CC(=C1CCCCCN1)c1nc2ccccc2s1. The van der Waals surface area contributed by atoms with E-state index in [9.17, 15) is 5.26 Å². The second kappa shape index (κ2) is 5.41. The molecule has 1 N–H and O–H groups in total. The fourth-order valence-electron chi connectivity index (χ4n) is 2.37. The number of rotatable bonds is 1. The van der Waals surface area contributed by atoms with Gasteiger partial charge < -0.3 is 5.32 Å². The Morgan fingerprint density at radius 3 is 3.00 bits per heavy atom. The van der Waals surface area contributed by atoms with Crippen LogP contribution >= 0.6 is 11.3 Å². The summed E-state index contributed by atoms with van der Waals surface area (Å²) >= 11 is 1.60. The van der Waals surface area contributed by atoms with E-state index in [1.54, 1.807) is 11.3 Å². The first-order valence-electron chi connectivity index (χ1n) is 6.61. The normalized spacial score (nSPS) is 18.5. The molecule has 0 amide bonds. The van der Waals surface area contributed by atoms with Crippen molar-refractivity contribution in [2.75, 3.05) is 6.54 Å². The van der Waals surface area contributed by atoms with Gasteiger partial charge in [0, 0.05) is 12.2 Å². The van der Waals surface area contributed by atoms with Gasteiger partial charge in [0.25, 0.3) is 0 Å². The van der Waals surface area contributed by atoms with Crippen LogP contribution in [0, 0.1) is 11.3 Å². The van der Waals surface area contributed by atoms with Crippen LogP contribution in [0.5, 0.6) is 0 Å². The van der Waals surface area contributed by atoms with Gasteiger partial charge in [-0.2, -0.15) is 5.26 Å². The van der Waals surface area contributed by atoms with Crippen molar-refractivity contribution in [3.63, 3.8) is 0 Å². The van der Waals surface area contributed by atoms with Gasteiger partial charge in [-0.15, -0.1) is 11.3 Å². The molecule has 0 radical (unpaired) electrons. The standard InChI is InChI=1S/C15H15N3S/c16-10-11(12-6-2-1-5-9-17-12)15-18-13-7-3-4-8-14(13)19-15/h3-4,7-8,17H,1-2,5-6,9H2. The number of thiazole rings is 1. The van der Waals surface area contributed by atoms with Crippen LogP contribution in [0.2, 0.25) is 0 Å². The highest BCUT2D eigenvalue weighted by Gasteiger charge is 2.15. The molecule has 3 rings (SSSR count). The van der Waals surface area contributed by atoms with E-state index >= 15 is 0 Å². The maximum atomic E-state index is 9.47. The summed E-state index contributed by atoms with van der Waals surface area (Å²) in [5, 5.41) is 13.7. The van der Waals surface area contributed by atoms with Crippen molar-refractivity contribution < 1.29 is 0 Å². The molecule has 96 valence electrons. The lowest BCUT2D eigenvalue weighted by Gasteiger charge is -2.07. The molecule has 1 aromatic heterocycles. The van der Waals surface area contributed by atoms with Gasteiger partial charge in [-0.05, 0) is 31.4 Å². The molecule has 2 aromatic rings. The molecule has 0 unspecified atom stereocenters. The second-order valence-electron chi connectivity index (χ2n) is 4.69. The Balaban J connectivity index is 2.06. The summed E-state index contributed by atoms with van der Waals surface area (Å²) in [6.07, 6.45) is 4.52. The van der Waals surface area contributed by atoms with E-state index in [1.165, 1.54) is 12.8 Å². The Kier molecular flexibility index (Phi) is 3.47. The zero-order valence-corrected chi connectivity index (χ0v) is 11.5. The summed E-state index contributed by atoms with van der Waals surface area (Å²) in [6, 6.07) is 10.4. The number of allylic oxidation sites excluding steroid dienone is 2. The molecular weight excluding hydrogens is 254 g/mol. The maximum Gasteiger partial charge on any atom is 0.136 e. The molecule has 1 saturated heterocycles. The Morgan fingerprint density at radius 2 is 2.16 bits per heavy atom. The van der Waals surface area contributed by atoms with E-state index < -0.39 is 0 Å². The average Bonchev–Trinajstić information content (AvgIpc) is 2.67. The minimum atomic E-state index is 0.725. The molecule has 0 saturated carbocycles. The predicted molar refractivity (Wildman–Crippen MR) is 78.6 cm³/mol. The highest BCUT2D eigenvalue weighted by molar-refractivity contribution is 7.19. The topological polar surface area (TPSA) is 48.7 Å². The number of nitrogens with one attached hydrogen (secondary N) is 1. The summed E-state index contributed by atoms with van der Waals surface area (Å²) in [7, 11) is 0. The van der Waals surface area contributed by atoms with Crippen LogP contribution in [0.3, 0.4) is 0 Å². The van der Waals surface area contributed by atoms with Crippen LogP contribution in [0.25, 0.3) is 15.8 Å². The Bertz CT molecular complexity index is 620. The zero-order chi connectivity index (χ0) is 13.1. The molecule has 19 heavy (non-hydrogen) atoms. The minimum absolute atomic E-state index is 0.725. The highest BCUT2D eigenvalue weighted by Crippen LogP contribution is 2.29. The molecule has 1 aliphatic rings. The lowest BCUT2D eigenvalue weighted by Crippen LogP contribution is -2.13. The van der Waals surface area contributed by atoms with Gasteiger partial charge in [0.05, 0.1) is 10.2 Å². The maximum absolute atomic E-state index is 9.47. The highest BCUT2D eigenvalue weighted by atomic mass is 32.1. The molecule has 2 heterocycles. The minimum Gasteiger partial charge on any atom is -0.387 e. The van der Waals surface area contributed by atoms with Gasteiger partial charge in [-0.1, -0.05) is 18.6 Å². The van der Waals surface area contributed by atoms with E-state index in [4.69, 9.17) is 0 Å². The quantitative estimate of drug-likeness (QED) is 0.803. The number of aromatic nitrogens is 1. The van der Waals surface area contributed by atoms with Crippen LogP contribution in [-0.4, -0.2) is 11.5 Å². The van der Waals surface area contributed by atoms with Crippen LogP contribution in [0.15, 0.2) is 30.0 Å². The van der Waals surface area contributed by atoms with E-state index in [2.05, 4.69) is 22.4 Å². The third kappa shape index (κ3) is 2.47. The number of para-hydroxylation sites is 1. The smallest absolute Gasteiger partial charge is 0.136 e. The summed E-state index contributed by atoms with van der Waals surface area (Å²) in [6.45, 7) is 0.964. The number of hydrogen-bond donors (Lipinski definition) is 1. The first-order chi connectivity index (χ1) is 9.38. The summed E-state index contributed by atoms with van der Waals surface area (Å²) in [4.78, 5) is 4.59. The van der Waals surface area contributed by atoms with Crippen molar-refractivity contribution in [1.29, 1.82) is 5.26 Å². The van der Waals surface area contributed by atoms with E-state index in [0.717, 1.165) is 45.9 Å². The molecule has 4 heteroatoms. The van der Waals surface area contributed by atoms with Crippen molar-refractivity contribution in [3.8, 4) is 6.07 Å².